The SMILES string of the molecule is Fc1ccc(-n2nc(-c3cccc(Cl)c3Cl)c3c2NCC3)c(F)c1. The van der Waals surface area contributed by atoms with E-state index in [9.17, 15) is 8.78 Å². The van der Waals surface area contributed by atoms with Gasteiger partial charge < -0.3 is 5.32 Å². The third-order valence-corrected chi connectivity index (χ3v) is 4.81. The lowest BCUT2D eigenvalue weighted by atomic mass is 10.1. The van der Waals surface area contributed by atoms with E-state index in [4.69, 9.17) is 23.2 Å². The Balaban J connectivity index is 1.94. The molecule has 0 aliphatic carbocycles. The van der Waals surface area contributed by atoms with Gasteiger partial charge in [0, 0.05) is 23.7 Å². The summed E-state index contributed by atoms with van der Waals surface area (Å²) in [4.78, 5) is 0. The number of hydrogen-bond acceptors (Lipinski definition) is 2. The molecule has 0 amide bonds. The van der Waals surface area contributed by atoms with Crippen LogP contribution in [0.5, 0.6) is 0 Å². The van der Waals surface area contributed by atoms with Gasteiger partial charge >= 0.3 is 0 Å². The minimum atomic E-state index is -0.683. The summed E-state index contributed by atoms with van der Waals surface area (Å²) in [6, 6.07) is 8.71. The van der Waals surface area contributed by atoms with Crippen LogP contribution in [-0.4, -0.2) is 16.3 Å². The van der Waals surface area contributed by atoms with Gasteiger partial charge in [0.15, 0.2) is 5.82 Å². The monoisotopic (exact) mass is 365 g/mol. The largest absolute Gasteiger partial charge is 0.369 e. The van der Waals surface area contributed by atoms with E-state index in [2.05, 4.69) is 10.4 Å². The van der Waals surface area contributed by atoms with Crippen molar-refractivity contribution in [3.63, 3.8) is 0 Å². The molecule has 1 N–H and O–H groups in total. The summed E-state index contributed by atoms with van der Waals surface area (Å²) in [5, 5.41) is 8.54. The predicted octanol–water partition coefficient (Wildman–Crippen LogP) is 5.09. The van der Waals surface area contributed by atoms with Crippen LogP contribution in [0.25, 0.3) is 16.9 Å². The first-order valence-corrected chi connectivity index (χ1v) is 8.07. The molecule has 2 aromatic carbocycles. The maximum Gasteiger partial charge on any atom is 0.151 e. The zero-order valence-corrected chi connectivity index (χ0v) is 13.8. The molecule has 3 nitrogen and oxygen atoms in total. The molecule has 1 aliphatic rings. The van der Waals surface area contributed by atoms with E-state index < -0.39 is 11.6 Å². The molecule has 2 heterocycles. The summed E-state index contributed by atoms with van der Waals surface area (Å²) in [5.41, 5.74) is 2.44. The molecule has 0 saturated heterocycles. The summed E-state index contributed by atoms with van der Waals surface area (Å²) >= 11 is 12.4. The lowest BCUT2D eigenvalue weighted by Crippen LogP contribution is -2.06. The highest BCUT2D eigenvalue weighted by atomic mass is 35.5. The van der Waals surface area contributed by atoms with E-state index in [0.717, 1.165) is 18.1 Å². The fourth-order valence-corrected chi connectivity index (χ4v) is 3.30. The standard InChI is InChI=1S/C17H11Cl2F2N3/c18-12-3-1-2-10(15(12)19)16-11-6-7-22-17(11)24(23-16)14-5-4-9(20)8-13(14)21/h1-5,8,22H,6-7H2. The number of halogens is 4. The van der Waals surface area contributed by atoms with Crippen molar-refractivity contribution < 1.29 is 8.78 Å². The summed E-state index contributed by atoms with van der Waals surface area (Å²) in [6.07, 6.45) is 0.732. The second-order valence-electron chi connectivity index (χ2n) is 5.46. The Hall–Kier alpha value is -2.11. The Morgan fingerprint density at radius 2 is 1.96 bits per heavy atom. The van der Waals surface area contributed by atoms with Crippen LogP contribution in [0.2, 0.25) is 10.0 Å². The molecule has 1 aromatic heterocycles. The number of anilines is 1. The Labute approximate surface area is 146 Å². The second kappa shape index (κ2) is 5.76. The Morgan fingerprint density at radius 1 is 1.12 bits per heavy atom. The maximum absolute atomic E-state index is 14.2. The number of nitrogens with zero attached hydrogens (tertiary/aromatic N) is 2. The fraction of sp³-hybridized carbons (Fsp3) is 0.118. The van der Waals surface area contributed by atoms with Crippen LogP contribution in [0.1, 0.15) is 5.56 Å². The molecular formula is C17H11Cl2F2N3. The van der Waals surface area contributed by atoms with Gasteiger partial charge in [-0.15, -0.1) is 0 Å². The lowest BCUT2D eigenvalue weighted by molar-refractivity contribution is 0.574. The normalized spacial score (nSPS) is 13.0. The van der Waals surface area contributed by atoms with E-state index in [1.54, 1.807) is 12.1 Å². The first-order valence-electron chi connectivity index (χ1n) is 7.32. The number of benzene rings is 2. The summed E-state index contributed by atoms with van der Waals surface area (Å²) in [5.74, 6) is -0.629. The minimum Gasteiger partial charge on any atom is -0.369 e. The van der Waals surface area contributed by atoms with Crippen LogP contribution >= 0.6 is 23.2 Å². The maximum atomic E-state index is 14.2. The molecule has 3 aromatic rings. The molecule has 0 atom stereocenters. The van der Waals surface area contributed by atoms with Crippen molar-refractivity contribution in [2.45, 2.75) is 6.42 Å². The fourth-order valence-electron chi connectivity index (χ4n) is 2.91. The molecule has 4 rings (SSSR count). The Morgan fingerprint density at radius 3 is 2.75 bits per heavy atom. The molecule has 0 saturated carbocycles. The molecule has 1 aliphatic heterocycles. The van der Waals surface area contributed by atoms with E-state index >= 15 is 0 Å². The van der Waals surface area contributed by atoms with Gasteiger partial charge in [0.2, 0.25) is 0 Å². The molecule has 24 heavy (non-hydrogen) atoms. The molecule has 0 spiro atoms. The van der Waals surface area contributed by atoms with Gasteiger partial charge in [-0.1, -0.05) is 35.3 Å². The highest BCUT2D eigenvalue weighted by molar-refractivity contribution is 6.43. The van der Waals surface area contributed by atoms with Gasteiger partial charge in [-0.05, 0) is 24.6 Å². The Bertz CT molecular complexity index is 953. The molecule has 0 fully saturated rings. The van der Waals surface area contributed by atoms with Crippen LogP contribution in [0.15, 0.2) is 36.4 Å². The molecular weight excluding hydrogens is 355 g/mol. The van der Waals surface area contributed by atoms with Crippen LogP contribution in [-0.2, 0) is 6.42 Å². The minimum absolute atomic E-state index is 0.173. The van der Waals surface area contributed by atoms with Crippen molar-refractivity contribution in [2.75, 3.05) is 11.9 Å². The van der Waals surface area contributed by atoms with E-state index in [1.807, 2.05) is 6.07 Å². The third-order valence-electron chi connectivity index (χ3n) is 4.00. The van der Waals surface area contributed by atoms with E-state index in [0.29, 0.717) is 33.7 Å². The van der Waals surface area contributed by atoms with E-state index in [1.165, 1.54) is 16.8 Å². The van der Waals surface area contributed by atoms with Gasteiger partial charge in [-0.3, -0.25) is 0 Å². The molecule has 0 bridgehead atoms. The first kappa shape index (κ1) is 15.4. The average molecular weight is 366 g/mol. The van der Waals surface area contributed by atoms with E-state index in [-0.39, 0.29) is 5.69 Å². The smallest absolute Gasteiger partial charge is 0.151 e. The third kappa shape index (κ3) is 2.36. The average Bonchev–Trinajstić information content (AvgIpc) is 3.13. The summed E-state index contributed by atoms with van der Waals surface area (Å²) < 4.78 is 28.8. The quantitative estimate of drug-likeness (QED) is 0.685. The van der Waals surface area contributed by atoms with Crippen LogP contribution in [0, 0.1) is 11.6 Å². The van der Waals surface area contributed by atoms with Crippen molar-refractivity contribution >= 4 is 29.0 Å². The van der Waals surface area contributed by atoms with Gasteiger partial charge in [-0.2, -0.15) is 5.10 Å². The first-order chi connectivity index (χ1) is 11.6. The molecule has 7 heteroatoms. The highest BCUT2D eigenvalue weighted by Crippen LogP contribution is 2.39. The van der Waals surface area contributed by atoms with Crippen molar-refractivity contribution in [1.82, 2.24) is 9.78 Å². The number of rotatable bonds is 2. The van der Waals surface area contributed by atoms with Crippen molar-refractivity contribution in [2.24, 2.45) is 0 Å². The van der Waals surface area contributed by atoms with Crippen LogP contribution in [0.4, 0.5) is 14.6 Å². The van der Waals surface area contributed by atoms with Gasteiger partial charge in [0.25, 0.3) is 0 Å². The molecule has 122 valence electrons. The molecule has 0 unspecified atom stereocenters. The highest BCUT2D eigenvalue weighted by Gasteiger charge is 2.26. The van der Waals surface area contributed by atoms with Gasteiger partial charge in [0.1, 0.15) is 17.3 Å². The Kier molecular flexibility index (Phi) is 3.70. The van der Waals surface area contributed by atoms with Crippen molar-refractivity contribution in [3.05, 3.63) is 63.6 Å². The topological polar surface area (TPSA) is 29.9 Å². The number of hydrogen-bond donors (Lipinski definition) is 1. The van der Waals surface area contributed by atoms with Crippen molar-refractivity contribution in [3.8, 4) is 16.9 Å². The number of aromatic nitrogens is 2. The zero-order valence-electron chi connectivity index (χ0n) is 12.3. The summed E-state index contributed by atoms with van der Waals surface area (Å²) in [6.45, 7) is 0.710. The van der Waals surface area contributed by atoms with Gasteiger partial charge in [-0.25, -0.2) is 13.5 Å². The van der Waals surface area contributed by atoms with Gasteiger partial charge in [0.05, 0.1) is 15.7 Å². The zero-order chi connectivity index (χ0) is 16.8. The van der Waals surface area contributed by atoms with Crippen LogP contribution in [0.3, 0.4) is 0 Å². The molecule has 0 radical (unpaired) electrons. The summed E-state index contributed by atoms with van der Waals surface area (Å²) in [7, 11) is 0. The number of nitrogens with one attached hydrogen (secondary N) is 1. The lowest BCUT2D eigenvalue weighted by Gasteiger charge is -2.08. The predicted molar refractivity (Wildman–Crippen MR) is 91.1 cm³/mol. The van der Waals surface area contributed by atoms with Crippen molar-refractivity contribution in [1.29, 1.82) is 0 Å². The second-order valence-corrected chi connectivity index (χ2v) is 6.25. The van der Waals surface area contributed by atoms with Crippen LogP contribution < -0.4 is 5.32 Å². The number of fused-ring (bicyclic) bond motifs is 1.